The molecule has 32 heavy (non-hydrogen) atoms. The Hall–Kier alpha value is -1.28. The van der Waals surface area contributed by atoms with Gasteiger partial charge in [-0.25, -0.2) is 4.79 Å². The van der Waals surface area contributed by atoms with Gasteiger partial charge in [-0.05, 0) is 74.7 Å². The highest BCUT2D eigenvalue weighted by Gasteiger charge is 2.71. The minimum Gasteiger partial charge on any atom is -0.458 e. The number of aliphatic hydroxyl groups excluding tert-OH is 2. The van der Waals surface area contributed by atoms with Gasteiger partial charge in [0.1, 0.15) is 6.61 Å². The standard InChI is InChI=1S/C25H37NO6/c1-22-6-3-19-20(25(22,31)9-5-18(22)16-12-21(29)32-14-16)4-8-24(30)13-17(28)2-7-23(19,24)15-26-10-11-27/h12,15,17-20,27-28,30-31H,2-11,13-14H2,1H3/t17-,18?,19+,20-,22?,23?,24?,25?/m1/s1. The molecular formula is C25H37NO6. The lowest BCUT2D eigenvalue weighted by Gasteiger charge is -2.65. The zero-order chi connectivity index (χ0) is 22.8. The summed E-state index contributed by atoms with van der Waals surface area (Å²) in [5.41, 5.74) is -1.82. The van der Waals surface area contributed by atoms with Gasteiger partial charge in [-0.2, -0.15) is 0 Å². The predicted molar refractivity (Wildman–Crippen MR) is 118 cm³/mol. The number of hydrogen-bond acceptors (Lipinski definition) is 7. The number of fused-ring (bicyclic) bond motifs is 5. The third-order valence-electron chi connectivity index (χ3n) is 10.2. The molecule has 7 nitrogen and oxygen atoms in total. The number of esters is 1. The lowest BCUT2D eigenvalue weighted by atomic mass is 9.41. The molecule has 5 rings (SSSR count). The number of carbonyl (C=O) groups excluding carboxylic acids is 1. The summed E-state index contributed by atoms with van der Waals surface area (Å²) in [7, 11) is 0. The Morgan fingerprint density at radius 3 is 2.62 bits per heavy atom. The van der Waals surface area contributed by atoms with Crippen molar-refractivity contribution in [2.75, 3.05) is 19.8 Å². The number of nitrogens with zero attached hydrogens (tertiary/aromatic N) is 1. The van der Waals surface area contributed by atoms with Gasteiger partial charge in [-0.3, -0.25) is 4.99 Å². The van der Waals surface area contributed by atoms with Crippen LogP contribution in [-0.2, 0) is 9.53 Å². The van der Waals surface area contributed by atoms with Crippen molar-refractivity contribution >= 4 is 12.2 Å². The molecule has 0 amide bonds. The molecule has 8 atom stereocenters. The molecule has 178 valence electrons. The fraction of sp³-hybridized carbons (Fsp3) is 0.840. The smallest absolute Gasteiger partial charge is 0.331 e. The van der Waals surface area contributed by atoms with Gasteiger partial charge in [0, 0.05) is 29.5 Å². The molecule has 4 aliphatic carbocycles. The van der Waals surface area contributed by atoms with Gasteiger partial charge in [0.15, 0.2) is 0 Å². The van der Waals surface area contributed by atoms with E-state index in [1.165, 1.54) is 0 Å². The predicted octanol–water partition coefficient (Wildman–Crippen LogP) is 1.76. The quantitative estimate of drug-likeness (QED) is 0.385. The molecule has 0 radical (unpaired) electrons. The first-order chi connectivity index (χ1) is 15.2. The fourth-order valence-electron chi connectivity index (χ4n) is 8.65. The van der Waals surface area contributed by atoms with Crippen LogP contribution in [0.15, 0.2) is 16.6 Å². The van der Waals surface area contributed by atoms with Gasteiger partial charge in [0.2, 0.25) is 0 Å². The van der Waals surface area contributed by atoms with Crippen LogP contribution in [0.2, 0.25) is 0 Å². The largest absolute Gasteiger partial charge is 0.458 e. The maximum atomic E-state index is 12.3. The van der Waals surface area contributed by atoms with Crippen LogP contribution >= 0.6 is 0 Å². The number of cyclic esters (lactones) is 1. The Bertz CT molecular complexity index is 842. The van der Waals surface area contributed by atoms with E-state index in [2.05, 4.69) is 11.9 Å². The van der Waals surface area contributed by atoms with Crippen LogP contribution in [0.5, 0.6) is 0 Å². The fourth-order valence-corrected chi connectivity index (χ4v) is 8.65. The van der Waals surface area contributed by atoms with Crippen molar-refractivity contribution in [1.29, 1.82) is 0 Å². The van der Waals surface area contributed by atoms with Gasteiger partial charge in [0.05, 0.1) is 30.5 Å². The van der Waals surface area contributed by atoms with E-state index >= 15 is 0 Å². The summed E-state index contributed by atoms with van der Waals surface area (Å²) >= 11 is 0. The Morgan fingerprint density at radius 1 is 1.12 bits per heavy atom. The van der Waals surface area contributed by atoms with E-state index in [0.717, 1.165) is 31.3 Å². The molecule has 0 aromatic rings. The van der Waals surface area contributed by atoms with Gasteiger partial charge >= 0.3 is 5.97 Å². The van der Waals surface area contributed by atoms with Gasteiger partial charge in [-0.15, -0.1) is 0 Å². The summed E-state index contributed by atoms with van der Waals surface area (Å²) in [4.78, 5) is 16.2. The van der Waals surface area contributed by atoms with Crippen LogP contribution < -0.4 is 0 Å². The van der Waals surface area contributed by atoms with Crippen molar-refractivity contribution in [2.45, 2.75) is 82.0 Å². The van der Waals surface area contributed by atoms with Crippen molar-refractivity contribution in [3.63, 3.8) is 0 Å². The summed E-state index contributed by atoms with van der Waals surface area (Å²) in [5.74, 6) is -0.0485. The lowest BCUT2D eigenvalue weighted by molar-refractivity contribution is -0.237. The van der Waals surface area contributed by atoms with Crippen molar-refractivity contribution in [1.82, 2.24) is 0 Å². The molecule has 0 spiro atoms. The molecule has 0 aromatic carbocycles. The van der Waals surface area contributed by atoms with Crippen molar-refractivity contribution < 1.29 is 30.0 Å². The summed E-state index contributed by atoms with van der Waals surface area (Å²) in [6.45, 7) is 2.77. The van der Waals surface area contributed by atoms with Crippen molar-refractivity contribution in [3.05, 3.63) is 11.6 Å². The summed E-state index contributed by atoms with van der Waals surface area (Å²) in [6, 6.07) is 0. The van der Waals surface area contributed by atoms with E-state index in [4.69, 9.17) is 4.74 Å². The molecule has 4 saturated carbocycles. The molecule has 1 heterocycles. The minimum atomic E-state index is -1.04. The molecule has 1 aliphatic heterocycles. The van der Waals surface area contributed by atoms with E-state index in [9.17, 15) is 25.2 Å². The molecule has 0 bridgehead atoms. The van der Waals surface area contributed by atoms with Crippen LogP contribution in [-0.4, -0.2) is 69.7 Å². The third kappa shape index (κ3) is 2.93. The highest BCUT2D eigenvalue weighted by molar-refractivity contribution is 5.85. The average molecular weight is 448 g/mol. The maximum absolute atomic E-state index is 12.3. The highest BCUT2D eigenvalue weighted by Crippen LogP contribution is 2.70. The van der Waals surface area contributed by atoms with Crippen LogP contribution in [0.1, 0.15) is 64.7 Å². The first-order valence-electron chi connectivity index (χ1n) is 12.3. The first-order valence-corrected chi connectivity index (χ1v) is 12.3. The SMILES string of the molecule is CC12CC[C@H]3[C@@H](CCC4(O)C[C@H](O)CCC34C=NCCO)C1(O)CCC2C1=CC(=O)OC1. The van der Waals surface area contributed by atoms with Crippen LogP contribution in [0, 0.1) is 28.6 Å². The van der Waals surface area contributed by atoms with E-state index in [1.807, 2.05) is 6.21 Å². The summed E-state index contributed by atoms with van der Waals surface area (Å²) in [6.07, 6.45) is 9.04. The Morgan fingerprint density at radius 2 is 1.91 bits per heavy atom. The Balaban J connectivity index is 1.52. The zero-order valence-corrected chi connectivity index (χ0v) is 19.0. The second-order valence-electron chi connectivity index (χ2n) is 11.3. The molecule has 5 aliphatic rings. The molecule has 7 heteroatoms. The number of aliphatic hydroxyl groups is 4. The Labute approximate surface area is 189 Å². The molecule has 4 N–H and O–H groups in total. The number of hydrogen-bond donors (Lipinski definition) is 4. The number of ether oxygens (including phenoxy) is 1. The normalized spacial score (nSPS) is 50.5. The molecule has 0 aromatic heterocycles. The number of aliphatic imine (C=N–C) groups is 1. The molecule has 0 saturated heterocycles. The Kier molecular flexibility index (Phi) is 5.36. The first kappa shape index (κ1) is 22.5. The number of rotatable bonds is 4. The maximum Gasteiger partial charge on any atom is 0.331 e. The second-order valence-corrected chi connectivity index (χ2v) is 11.3. The average Bonchev–Trinajstić information content (AvgIpc) is 3.28. The van der Waals surface area contributed by atoms with Crippen LogP contribution in [0.3, 0.4) is 0 Å². The highest BCUT2D eigenvalue weighted by atomic mass is 16.5. The van der Waals surface area contributed by atoms with Crippen molar-refractivity contribution in [3.8, 4) is 0 Å². The van der Waals surface area contributed by atoms with Gasteiger partial charge < -0.3 is 25.2 Å². The third-order valence-corrected chi connectivity index (χ3v) is 10.2. The van der Waals surface area contributed by atoms with Gasteiger partial charge in [-0.1, -0.05) is 6.92 Å². The van der Waals surface area contributed by atoms with E-state index in [0.29, 0.717) is 45.3 Å². The monoisotopic (exact) mass is 447 g/mol. The molecular weight excluding hydrogens is 410 g/mol. The minimum absolute atomic E-state index is 0.0287. The van der Waals surface area contributed by atoms with Crippen molar-refractivity contribution in [2.24, 2.45) is 33.6 Å². The second kappa shape index (κ2) is 7.62. The van der Waals surface area contributed by atoms with Crippen LogP contribution in [0.25, 0.3) is 0 Å². The zero-order valence-electron chi connectivity index (χ0n) is 19.0. The molecule has 4 fully saturated rings. The van der Waals surface area contributed by atoms with E-state index < -0.39 is 22.7 Å². The van der Waals surface area contributed by atoms with E-state index in [1.54, 1.807) is 6.08 Å². The lowest BCUT2D eigenvalue weighted by Crippen LogP contribution is -2.68. The molecule has 5 unspecified atom stereocenters. The topological polar surface area (TPSA) is 120 Å². The van der Waals surface area contributed by atoms with E-state index in [-0.39, 0.29) is 35.7 Å². The number of carbonyl (C=O) groups is 1. The van der Waals surface area contributed by atoms with Crippen LogP contribution in [0.4, 0.5) is 0 Å². The summed E-state index contributed by atoms with van der Waals surface area (Å²) < 4.78 is 5.20. The van der Waals surface area contributed by atoms with Gasteiger partial charge in [0.25, 0.3) is 0 Å². The summed E-state index contributed by atoms with van der Waals surface area (Å²) in [5, 5.41) is 43.8.